The van der Waals surface area contributed by atoms with E-state index in [1.165, 1.54) is 25.3 Å². The zero-order chi connectivity index (χ0) is 13.4. The van der Waals surface area contributed by atoms with Gasteiger partial charge in [0.2, 0.25) is 5.91 Å². The summed E-state index contributed by atoms with van der Waals surface area (Å²) in [7, 11) is 1.52. The fraction of sp³-hybridized carbons (Fsp3) is 0.308. The van der Waals surface area contributed by atoms with Crippen molar-refractivity contribution in [1.82, 2.24) is 0 Å². The number of nitrogens with one attached hydrogen (secondary N) is 1. The normalized spacial score (nSPS) is 9.50. The first-order valence-electron chi connectivity index (χ1n) is 5.44. The lowest BCUT2D eigenvalue weighted by atomic mass is 10.1. The molecule has 0 spiro atoms. The van der Waals surface area contributed by atoms with Gasteiger partial charge in [0.1, 0.15) is 5.82 Å². The predicted molar refractivity (Wildman–Crippen MR) is 67.5 cm³/mol. The Balaban J connectivity index is 2.84. The number of rotatable bonds is 4. The molecule has 5 heteroatoms. The number of hydrogen-bond donors (Lipinski definition) is 2. The Morgan fingerprint density at radius 1 is 1.56 bits per heavy atom. The van der Waals surface area contributed by atoms with Crippen molar-refractivity contribution in [1.29, 1.82) is 0 Å². The predicted octanol–water partition coefficient (Wildman–Crippen LogP) is 1.11. The van der Waals surface area contributed by atoms with Crippen LogP contribution in [0.2, 0.25) is 0 Å². The van der Waals surface area contributed by atoms with Crippen LogP contribution in [0.3, 0.4) is 0 Å². The summed E-state index contributed by atoms with van der Waals surface area (Å²) in [5.74, 6) is 4.72. The SMILES string of the molecule is COCCC(=O)Nc1ccc(F)cc1C#CCN. The van der Waals surface area contributed by atoms with E-state index in [4.69, 9.17) is 10.5 Å². The molecule has 1 amide bonds. The molecule has 4 nitrogen and oxygen atoms in total. The molecule has 0 heterocycles. The van der Waals surface area contributed by atoms with Crippen LogP contribution >= 0.6 is 0 Å². The van der Waals surface area contributed by atoms with Gasteiger partial charge in [0.15, 0.2) is 0 Å². The molecule has 1 aromatic rings. The van der Waals surface area contributed by atoms with E-state index >= 15 is 0 Å². The molecule has 0 aliphatic carbocycles. The molecule has 1 rings (SSSR count). The maximum absolute atomic E-state index is 13.1. The van der Waals surface area contributed by atoms with Gasteiger partial charge in [0.25, 0.3) is 0 Å². The number of hydrogen-bond acceptors (Lipinski definition) is 3. The van der Waals surface area contributed by atoms with Crippen LogP contribution in [0.15, 0.2) is 18.2 Å². The number of amides is 1. The summed E-state index contributed by atoms with van der Waals surface area (Å²) >= 11 is 0. The minimum Gasteiger partial charge on any atom is -0.384 e. The van der Waals surface area contributed by atoms with Crippen molar-refractivity contribution in [2.45, 2.75) is 6.42 Å². The van der Waals surface area contributed by atoms with E-state index in [1.807, 2.05) is 0 Å². The van der Waals surface area contributed by atoms with Crippen LogP contribution in [0.25, 0.3) is 0 Å². The van der Waals surface area contributed by atoms with Crippen LogP contribution in [0, 0.1) is 17.7 Å². The first-order valence-corrected chi connectivity index (χ1v) is 5.44. The smallest absolute Gasteiger partial charge is 0.226 e. The molecule has 3 N–H and O–H groups in total. The van der Waals surface area contributed by atoms with Gasteiger partial charge in [0.05, 0.1) is 30.8 Å². The number of methoxy groups -OCH3 is 1. The van der Waals surface area contributed by atoms with Gasteiger partial charge in [-0.3, -0.25) is 4.79 Å². The largest absolute Gasteiger partial charge is 0.384 e. The quantitative estimate of drug-likeness (QED) is 0.787. The Morgan fingerprint density at radius 2 is 2.33 bits per heavy atom. The van der Waals surface area contributed by atoms with Gasteiger partial charge >= 0.3 is 0 Å². The Labute approximate surface area is 105 Å². The summed E-state index contributed by atoms with van der Waals surface area (Å²) in [4.78, 5) is 11.5. The van der Waals surface area contributed by atoms with Crippen molar-refractivity contribution in [3.63, 3.8) is 0 Å². The molecule has 0 radical (unpaired) electrons. The molecule has 0 aromatic heterocycles. The van der Waals surface area contributed by atoms with Crippen LogP contribution in [0.4, 0.5) is 10.1 Å². The van der Waals surface area contributed by atoms with Gasteiger partial charge in [-0.15, -0.1) is 0 Å². The molecule has 18 heavy (non-hydrogen) atoms. The van der Waals surface area contributed by atoms with Crippen LogP contribution < -0.4 is 11.1 Å². The maximum Gasteiger partial charge on any atom is 0.226 e. The van der Waals surface area contributed by atoms with E-state index in [0.717, 1.165) is 0 Å². The second-order valence-electron chi connectivity index (χ2n) is 3.49. The molecule has 0 saturated heterocycles. The van der Waals surface area contributed by atoms with E-state index in [-0.39, 0.29) is 18.9 Å². The van der Waals surface area contributed by atoms with E-state index < -0.39 is 5.82 Å². The third-order valence-electron chi connectivity index (χ3n) is 2.11. The topological polar surface area (TPSA) is 64.3 Å². The van der Waals surface area contributed by atoms with Gasteiger partial charge in [0, 0.05) is 7.11 Å². The Hall–Kier alpha value is -1.90. The highest BCUT2D eigenvalue weighted by atomic mass is 19.1. The van der Waals surface area contributed by atoms with Gasteiger partial charge in [-0.1, -0.05) is 11.8 Å². The number of nitrogens with two attached hydrogens (primary N) is 1. The van der Waals surface area contributed by atoms with Crippen LogP contribution in [0.5, 0.6) is 0 Å². The monoisotopic (exact) mass is 250 g/mol. The lowest BCUT2D eigenvalue weighted by Gasteiger charge is -2.07. The number of ether oxygens (including phenoxy) is 1. The summed E-state index contributed by atoms with van der Waals surface area (Å²) in [5, 5.41) is 2.65. The molecule has 0 unspecified atom stereocenters. The highest BCUT2D eigenvalue weighted by Crippen LogP contribution is 2.16. The number of halogens is 1. The molecule has 1 aromatic carbocycles. The molecule has 0 fully saturated rings. The standard InChI is InChI=1S/C13H15FN2O2/c1-18-8-6-13(17)16-12-5-4-11(14)9-10(12)3-2-7-15/h4-5,9H,6-8,15H2,1H3,(H,16,17). The zero-order valence-electron chi connectivity index (χ0n) is 10.1. The van der Waals surface area contributed by atoms with Crippen molar-refractivity contribution in [3.05, 3.63) is 29.6 Å². The highest BCUT2D eigenvalue weighted by molar-refractivity contribution is 5.92. The van der Waals surface area contributed by atoms with Crippen molar-refractivity contribution < 1.29 is 13.9 Å². The molecular weight excluding hydrogens is 235 g/mol. The second-order valence-corrected chi connectivity index (χ2v) is 3.49. The Morgan fingerprint density at radius 3 is 3.00 bits per heavy atom. The third kappa shape index (κ3) is 4.53. The molecule has 0 aliphatic rings. The number of carbonyl (C=O) groups excluding carboxylic acids is 1. The Bertz CT molecular complexity index is 478. The van der Waals surface area contributed by atoms with Crippen molar-refractivity contribution in [3.8, 4) is 11.8 Å². The second kappa shape index (κ2) is 7.43. The highest BCUT2D eigenvalue weighted by Gasteiger charge is 2.06. The van der Waals surface area contributed by atoms with Gasteiger partial charge in [-0.25, -0.2) is 4.39 Å². The fourth-order valence-corrected chi connectivity index (χ4v) is 1.28. The number of benzene rings is 1. The van der Waals surface area contributed by atoms with Crippen LogP contribution in [0.1, 0.15) is 12.0 Å². The summed E-state index contributed by atoms with van der Waals surface area (Å²) in [5.41, 5.74) is 6.14. The summed E-state index contributed by atoms with van der Waals surface area (Å²) < 4.78 is 17.9. The van der Waals surface area contributed by atoms with Crippen molar-refractivity contribution in [2.75, 3.05) is 25.6 Å². The summed E-state index contributed by atoms with van der Waals surface area (Å²) in [6, 6.07) is 3.99. The molecule has 0 atom stereocenters. The average Bonchev–Trinajstić information content (AvgIpc) is 2.36. The summed E-state index contributed by atoms with van der Waals surface area (Å²) in [6.07, 6.45) is 0.234. The molecule has 0 aliphatic heterocycles. The number of anilines is 1. The maximum atomic E-state index is 13.1. The lowest BCUT2D eigenvalue weighted by Crippen LogP contribution is -2.14. The van der Waals surface area contributed by atoms with Crippen molar-refractivity contribution >= 4 is 11.6 Å². The van der Waals surface area contributed by atoms with Crippen LogP contribution in [-0.2, 0) is 9.53 Å². The first-order chi connectivity index (χ1) is 8.67. The van der Waals surface area contributed by atoms with E-state index in [1.54, 1.807) is 0 Å². The zero-order valence-corrected chi connectivity index (χ0v) is 10.1. The average molecular weight is 250 g/mol. The van der Waals surface area contributed by atoms with Gasteiger partial charge in [-0.2, -0.15) is 0 Å². The third-order valence-corrected chi connectivity index (χ3v) is 2.11. The lowest BCUT2D eigenvalue weighted by molar-refractivity contribution is -0.117. The minimum atomic E-state index is -0.411. The fourth-order valence-electron chi connectivity index (χ4n) is 1.28. The summed E-state index contributed by atoms with van der Waals surface area (Å²) in [6.45, 7) is 0.504. The molecular formula is C13H15FN2O2. The van der Waals surface area contributed by atoms with Gasteiger partial charge < -0.3 is 15.8 Å². The van der Waals surface area contributed by atoms with E-state index in [2.05, 4.69) is 17.2 Å². The van der Waals surface area contributed by atoms with Crippen molar-refractivity contribution in [2.24, 2.45) is 5.73 Å². The van der Waals surface area contributed by atoms with E-state index in [0.29, 0.717) is 17.9 Å². The minimum absolute atomic E-state index is 0.174. The van der Waals surface area contributed by atoms with Crippen LogP contribution in [-0.4, -0.2) is 26.2 Å². The van der Waals surface area contributed by atoms with E-state index in [9.17, 15) is 9.18 Å². The molecule has 96 valence electrons. The molecule has 0 saturated carbocycles. The molecule has 0 bridgehead atoms. The van der Waals surface area contributed by atoms with Gasteiger partial charge in [-0.05, 0) is 18.2 Å². The Kier molecular flexibility index (Phi) is 5.85. The number of carbonyl (C=O) groups is 1. The first kappa shape index (κ1) is 14.2.